The van der Waals surface area contributed by atoms with E-state index >= 15 is 0 Å². The standard InChI is InChI=1S/C20H20F4N2O3/c1-10(2)29-19(27)17-15(9-28-5)26-11(3)18(25-4)16(17)13-7-6-12(8-14(13)21)20(22,23)24/h6-8,10,16,18H,9H2,1-3,5H3. The molecule has 29 heavy (non-hydrogen) atoms. The largest absolute Gasteiger partial charge is 0.460 e. The minimum atomic E-state index is -4.72. The van der Waals surface area contributed by atoms with Gasteiger partial charge in [-0.2, -0.15) is 13.2 Å². The van der Waals surface area contributed by atoms with Crippen LogP contribution in [0, 0.1) is 12.4 Å². The van der Waals surface area contributed by atoms with Gasteiger partial charge in [0.2, 0.25) is 0 Å². The molecule has 0 amide bonds. The van der Waals surface area contributed by atoms with Gasteiger partial charge in [0.05, 0.1) is 35.3 Å². The first-order valence-corrected chi connectivity index (χ1v) is 8.72. The van der Waals surface area contributed by atoms with E-state index in [4.69, 9.17) is 16.0 Å². The summed E-state index contributed by atoms with van der Waals surface area (Å²) in [7, 11) is 1.37. The molecule has 9 heteroatoms. The number of alkyl halides is 3. The van der Waals surface area contributed by atoms with Crippen LogP contribution in [-0.4, -0.2) is 37.5 Å². The van der Waals surface area contributed by atoms with Crippen LogP contribution in [0.15, 0.2) is 34.5 Å². The molecular formula is C20H20F4N2O3. The number of carbonyl (C=O) groups is 1. The highest BCUT2D eigenvalue weighted by Gasteiger charge is 2.44. The van der Waals surface area contributed by atoms with Crippen molar-refractivity contribution in [2.75, 3.05) is 13.7 Å². The van der Waals surface area contributed by atoms with E-state index in [-0.39, 0.29) is 23.4 Å². The van der Waals surface area contributed by atoms with Gasteiger partial charge in [-0.1, -0.05) is 6.07 Å². The van der Waals surface area contributed by atoms with Gasteiger partial charge in [-0.05, 0) is 32.9 Å². The molecule has 0 bridgehead atoms. The van der Waals surface area contributed by atoms with Crippen molar-refractivity contribution in [3.8, 4) is 0 Å². The van der Waals surface area contributed by atoms with Crippen molar-refractivity contribution >= 4 is 11.7 Å². The first-order valence-electron chi connectivity index (χ1n) is 8.72. The number of esters is 1. The van der Waals surface area contributed by atoms with Crippen LogP contribution in [0.3, 0.4) is 0 Å². The lowest BCUT2D eigenvalue weighted by Crippen LogP contribution is -2.34. The summed E-state index contributed by atoms with van der Waals surface area (Å²) < 4.78 is 63.8. The van der Waals surface area contributed by atoms with Gasteiger partial charge in [-0.25, -0.2) is 15.8 Å². The molecule has 0 aromatic heterocycles. The molecule has 0 fully saturated rings. The summed E-state index contributed by atoms with van der Waals surface area (Å²) in [6.07, 6.45) is -5.23. The average molecular weight is 412 g/mol. The lowest BCUT2D eigenvalue weighted by atomic mass is 9.79. The summed E-state index contributed by atoms with van der Waals surface area (Å²) >= 11 is 0. The number of ether oxygens (including phenoxy) is 2. The lowest BCUT2D eigenvalue weighted by molar-refractivity contribution is -0.143. The molecule has 156 valence electrons. The van der Waals surface area contributed by atoms with Crippen molar-refractivity contribution in [2.45, 2.75) is 45.0 Å². The highest BCUT2D eigenvalue weighted by molar-refractivity contribution is 6.00. The van der Waals surface area contributed by atoms with Crippen LogP contribution in [0.5, 0.6) is 0 Å². The number of hydrogen-bond donors (Lipinski definition) is 0. The predicted octanol–water partition coefficient (Wildman–Crippen LogP) is 4.54. The molecule has 0 saturated heterocycles. The summed E-state index contributed by atoms with van der Waals surface area (Å²) in [6, 6.07) is 0.962. The van der Waals surface area contributed by atoms with E-state index < -0.39 is 41.6 Å². The highest BCUT2D eigenvalue weighted by atomic mass is 19.4. The third-order valence-electron chi connectivity index (χ3n) is 4.32. The molecule has 1 aliphatic rings. The van der Waals surface area contributed by atoms with E-state index in [9.17, 15) is 22.4 Å². The second-order valence-electron chi connectivity index (χ2n) is 6.79. The number of rotatable bonds is 5. The van der Waals surface area contributed by atoms with E-state index in [1.54, 1.807) is 13.8 Å². The lowest BCUT2D eigenvalue weighted by Gasteiger charge is -2.27. The van der Waals surface area contributed by atoms with Gasteiger partial charge in [-0.15, -0.1) is 0 Å². The number of nitrogens with zero attached hydrogens (tertiary/aromatic N) is 2. The van der Waals surface area contributed by atoms with Crippen molar-refractivity contribution in [3.63, 3.8) is 0 Å². The Balaban J connectivity index is 2.71. The van der Waals surface area contributed by atoms with Crippen molar-refractivity contribution in [1.29, 1.82) is 0 Å². The molecule has 1 aliphatic heterocycles. The van der Waals surface area contributed by atoms with Crippen molar-refractivity contribution < 1.29 is 31.8 Å². The predicted molar refractivity (Wildman–Crippen MR) is 97.8 cm³/mol. The molecule has 1 heterocycles. The Hall–Kier alpha value is -2.73. The fraction of sp³-hybridized carbons (Fsp3) is 0.450. The molecule has 0 saturated carbocycles. The summed E-state index contributed by atoms with van der Waals surface area (Å²) in [4.78, 5) is 20.5. The van der Waals surface area contributed by atoms with Crippen LogP contribution in [-0.2, 0) is 20.4 Å². The van der Waals surface area contributed by atoms with Crippen molar-refractivity contribution in [2.24, 2.45) is 4.99 Å². The minimum Gasteiger partial charge on any atom is -0.460 e. The van der Waals surface area contributed by atoms with Gasteiger partial charge >= 0.3 is 12.1 Å². The quantitative estimate of drug-likeness (QED) is 0.405. The zero-order chi connectivity index (χ0) is 21.9. The zero-order valence-electron chi connectivity index (χ0n) is 16.3. The van der Waals surface area contributed by atoms with Crippen LogP contribution in [0.1, 0.15) is 37.8 Å². The van der Waals surface area contributed by atoms with Crippen LogP contribution in [0.25, 0.3) is 4.85 Å². The third-order valence-corrected chi connectivity index (χ3v) is 4.32. The van der Waals surface area contributed by atoms with Crippen molar-refractivity contribution in [3.05, 3.63) is 57.8 Å². The highest BCUT2D eigenvalue weighted by Crippen LogP contribution is 2.40. The van der Waals surface area contributed by atoms with Gasteiger partial charge in [-0.3, -0.25) is 4.99 Å². The Morgan fingerprint density at radius 2 is 2.00 bits per heavy atom. The maximum Gasteiger partial charge on any atom is 0.416 e. The Morgan fingerprint density at radius 3 is 2.48 bits per heavy atom. The van der Waals surface area contributed by atoms with E-state index in [0.29, 0.717) is 11.8 Å². The van der Waals surface area contributed by atoms with E-state index in [0.717, 1.165) is 12.1 Å². The van der Waals surface area contributed by atoms with Crippen LogP contribution < -0.4 is 0 Å². The molecule has 5 nitrogen and oxygen atoms in total. The molecule has 0 aliphatic carbocycles. The Morgan fingerprint density at radius 1 is 1.34 bits per heavy atom. The molecule has 1 aromatic rings. The van der Waals surface area contributed by atoms with E-state index in [2.05, 4.69) is 9.84 Å². The molecular weight excluding hydrogens is 392 g/mol. The van der Waals surface area contributed by atoms with Crippen molar-refractivity contribution in [1.82, 2.24) is 0 Å². The van der Waals surface area contributed by atoms with E-state index in [1.165, 1.54) is 14.0 Å². The van der Waals surface area contributed by atoms with Gasteiger partial charge in [0.25, 0.3) is 6.04 Å². The number of benzene rings is 1. The molecule has 0 spiro atoms. The van der Waals surface area contributed by atoms with Gasteiger partial charge in [0.15, 0.2) is 0 Å². The Bertz CT molecular complexity index is 898. The molecule has 0 radical (unpaired) electrons. The van der Waals surface area contributed by atoms with Crippen LogP contribution >= 0.6 is 0 Å². The van der Waals surface area contributed by atoms with Gasteiger partial charge < -0.3 is 14.3 Å². The topological polar surface area (TPSA) is 52.2 Å². The fourth-order valence-electron chi connectivity index (χ4n) is 3.14. The molecule has 2 rings (SSSR count). The van der Waals surface area contributed by atoms with Gasteiger partial charge in [0.1, 0.15) is 11.7 Å². The maximum atomic E-state index is 14.8. The second-order valence-corrected chi connectivity index (χ2v) is 6.79. The first kappa shape index (κ1) is 22.6. The number of aliphatic imine (C=N–C) groups is 1. The van der Waals surface area contributed by atoms with Gasteiger partial charge in [0, 0.05) is 12.7 Å². The maximum absolute atomic E-state index is 14.8. The Kier molecular flexibility index (Phi) is 6.80. The monoisotopic (exact) mass is 412 g/mol. The Labute approximate surface area is 165 Å². The van der Waals surface area contributed by atoms with Crippen LogP contribution in [0.2, 0.25) is 0 Å². The summed E-state index contributed by atoms with van der Waals surface area (Å²) in [5, 5.41) is 0. The average Bonchev–Trinajstić information content (AvgIpc) is 2.60. The number of hydrogen-bond acceptors (Lipinski definition) is 4. The smallest absolute Gasteiger partial charge is 0.416 e. The number of halogens is 4. The SMILES string of the molecule is [C-]#[N+]C1C(C)=NC(COC)=C(C(=O)OC(C)C)C1c1ccc(C(F)(F)F)cc1F. The van der Waals surface area contributed by atoms with Crippen LogP contribution in [0.4, 0.5) is 17.6 Å². The summed E-state index contributed by atoms with van der Waals surface area (Å²) in [5.74, 6) is -3.16. The minimum absolute atomic E-state index is 0.0918. The third kappa shape index (κ3) is 4.82. The molecule has 2 atom stereocenters. The summed E-state index contributed by atoms with van der Waals surface area (Å²) in [5.41, 5.74) is -1.01. The molecule has 0 N–H and O–H groups in total. The molecule has 2 unspecified atom stereocenters. The summed E-state index contributed by atoms with van der Waals surface area (Å²) in [6.45, 7) is 12.2. The fourth-order valence-corrected chi connectivity index (χ4v) is 3.14. The van der Waals surface area contributed by atoms with E-state index in [1.807, 2.05) is 0 Å². The zero-order valence-corrected chi connectivity index (χ0v) is 16.3. The second kappa shape index (κ2) is 8.74. The first-order chi connectivity index (χ1) is 13.5. The number of methoxy groups -OCH3 is 1. The number of carbonyl (C=O) groups excluding carboxylic acids is 1. The normalized spacial score (nSPS) is 19.8. The molecule has 1 aromatic carbocycles.